The zero-order chi connectivity index (χ0) is 20.7. The number of unbranched alkanes of at least 4 members (excludes halogenated alkanes) is 3. The van der Waals surface area contributed by atoms with Gasteiger partial charge in [0.25, 0.3) is 0 Å². The van der Waals surface area contributed by atoms with Crippen molar-refractivity contribution in [2.75, 3.05) is 7.11 Å². The molecule has 0 fully saturated rings. The van der Waals surface area contributed by atoms with Gasteiger partial charge in [-0.2, -0.15) is 0 Å². The standard InChI is InChI=1S/C12H9O3.3C4H9.Sn/c1-7-5-8-9(13)3-4-10(14)12(8)11(6-7)15-2;3*1-3-4-2;/h3,5-6H,1-2H3;3*1,3-4H2,2H3;. The number of hydrogen-bond acceptors (Lipinski definition) is 3. The third kappa shape index (κ3) is 4.90. The molecule has 3 nitrogen and oxygen atoms in total. The number of rotatable bonds is 11. The molecule has 1 aliphatic carbocycles. The van der Waals surface area contributed by atoms with Gasteiger partial charge in [0.2, 0.25) is 0 Å². The summed E-state index contributed by atoms with van der Waals surface area (Å²) >= 11 is -2.99. The van der Waals surface area contributed by atoms with E-state index in [9.17, 15) is 9.59 Å². The van der Waals surface area contributed by atoms with Gasteiger partial charge in [0.15, 0.2) is 0 Å². The zero-order valence-corrected chi connectivity index (χ0v) is 21.2. The van der Waals surface area contributed by atoms with E-state index < -0.39 is 18.4 Å². The molecule has 28 heavy (non-hydrogen) atoms. The Balaban J connectivity index is 2.59. The number of carbonyl (C=O) groups excluding carboxylic acids is 2. The molecule has 0 aromatic heterocycles. The predicted molar refractivity (Wildman–Crippen MR) is 119 cm³/mol. The van der Waals surface area contributed by atoms with E-state index in [1.165, 1.54) is 32.6 Å². The Hall–Kier alpha value is -1.10. The molecular formula is C24H36O3Sn. The molecule has 1 aromatic carbocycles. The van der Waals surface area contributed by atoms with Crippen molar-refractivity contribution in [2.24, 2.45) is 0 Å². The summed E-state index contributed by atoms with van der Waals surface area (Å²) in [6.45, 7) is 8.60. The predicted octanol–water partition coefficient (Wildman–Crippen LogP) is 6.70. The number of aryl methyl sites for hydroxylation is 1. The Labute approximate surface area is 174 Å². The van der Waals surface area contributed by atoms with Crippen LogP contribution >= 0.6 is 0 Å². The van der Waals surface area contributed by atoms with Crippen LogP contribution in [0.1, 0.15) is 85.6 Å². The molecule has 2 rings (SSSR count). The Morgan fingerprint density at radius 2 is 1.43 bits per heavy atom. The SMILES string of the molecule is CCC[CH2][Sn]([CH2]CCC)([CH2]CCC)[C]1=CC(=O)c2cc(C)cc(OC)c2C1=O. The average Bonchev–Trinajstić information content (AvgIpc) is 2.69. The Morgan fingerprint density at radius 1 is 0.893 bits per heavy atom. The van der Waals surface area contributed by atoms with Gasteiger partial charge in [-0.05, 0) is 0 Å². The monoisotopic (exact) mass is 492 g/mol. The number of hydrogen-bond donors (Lipinski definition) is 0. The summed E-state index contributed by atoms with van der Waals surface area (Å²) in [7, 11) is 1.59. The number of ether oxygens (including phenoxy) is 1. The molecule has 0 spiro atoms. The molecular weight excluding hydrogens is 455 g/mol. The maximum absolute atomic E-state index is 13.7. The first-order chi connectivity index (χ1) is 13.4. The number of methoxy groups -OCH3 is 1. The van der Waals surface area contributed by atoms with Gasteiger partial charge in [-0.25, -0.2) is 0 Å². The Kier molecular flexibility index (Phi) is 8.78. The molecule has 0 atom stereocenters. The summed E-state index contributed by atoms with van der Waals surface area (Å²) in [4.78, 5) is 26.8. The Bertz CT molecular complexity index is 727. The summed E-state index contributed by atoms with van der Waals surface area (Å²) in [5.74, 6) is 0.642. The van der Waals surface area contributed by atoms with E-state index in [4.69, 9.17) is 4.74 Å². The van der Waals surface area contributed by atoms with E-state index in [-0.39, 0.29) is 11.6 Å². The van der Waals surface area contributed by atoms with Crippen LogP contribution in [0.3, 0.4) is 0 Å². The summed E-state index contributed by atoms with van der Waals surface area (Å²) < 4.78 is 10.0. The van der Waals surface area contributed by atoms with Gasteiger partial charge in [0, 0.05) is 0 Å². The second-order valence-corrected chi connectivity index (χ2v) is 21.4. The molecule has 0 saturated heterocycles. The van der Waals surface area contributed by atoms with Gasteiger partial charge < -0.3 is 0 Å². The second kappa shape index (κ2) is 10.6. The summed E-state index contributed by atoms with van der Waals surface area (Å²) in [6.07, 6.45) is 8.68. The van der Waals surface area contributed by atoms with Crippen molar-refractivity contribution in [1.82, 2.24) is 0 Å². The number of benzene rings is 1. The maximum atomic E-state index is 13.7. The van der Waals surface area contributed by atoms with E-state index in [0.29, 0.717) is 16.9 Å². The minimum absolute atomic E-state index is 0.00262. The molecule has 0 bridgehead atoms. The number of allylic oxidation sites excluding steroid dienone is 2. The van der Waals surface area contributed by atoms with E-state index in [1.54, 1.807) is 13.2 Å². The van der Waals surface area contributed by atoms with E-state index in [1.807, 2.05) is 19.1 Å². The van der Waals surface area contributed by atoms with Crippen molar-refractivity contribution in [3.05, 3.63) is 38.5 Å². The van der Waals surface area contributed by atoms with Crippen LogP contribution in [0, 0.1) is 6.92 Å². The van der Waals surface area contributed by atoms with Crippen LogP contribution in [-0.2, 0) is 0 Å². The van der Waals surface area contributed by atoms with Crippen LogP contribution in [-0.4, -0.2) is 37.1 Å². The fraction of sp³-hybridized carbons (Fsp3) is 0.583. The molecule has 0 saturated carbocycles. The first-order valence-electron chi connectivity index (χ1n) is 10.9. The third-order valence-electron chi connectivity index (χ3n) is 6.08. The van der Waals surface area contributed by atoms with Crippen molar-refractivity contribution in [2.45, 2.75) is 79.5 Å². The van der Waals surface area contributed by atoms with E-state index in [2.05, 4.69) is 20.8 Å². The molecule has 0 unspecified atom stereocenters. The summed E-state index contributed by atoms with van der Waals surface area (Å²) in [6, 6.07) is 3.72. The average molecular weight is 491 g/mol. The first kappa shape index (κ1) is 23.2. The fourth-order valence-corrected chi connectivity index (χ4v) is 20.7. The molecule has 0 aliphatic heterocycles. The fourth-order valence-electron chi connectivity index (χ4n) is 4.47. The third-order valence-corrected chi connectivity index (χ3v) is 21.6. The molecule has 0 heterocycles. The molecule has 0 N–H and O–H groups in total. The topological polar surface area (TPSA) is 43.4 Å². The van der Waals surface area contributed by atoms with Gasteiger partial charge >= 0.3 is 175 Å². The van der Waals surface area contributed by atoms with E-state index in [0.717, 1.165) is 28.4 Å². The van der Waals surface area contributed by atoms with Crippen LogP contribution in [0.15, 0.2) is 21.8 Å². The minimum atomic E-state index is -2.99. The molecule has 0 amide bonds. The second-order valence-electron chi connectivity index (χ2n) is 8.23. The molecule has 0 radical (unpaired) electrons. The number of Topliss-reactive ketones (excluding diaryl/α,β-unsaturated/α-hetero) is 1. The van der Waals surface area contributed by atoms with E-state index >= 15 is 0 Å². The number of fused-ring (bicyclic) bond motifs is 1. The molecule has 1 aromatic rings. The van der Waals surface area contributed by atoms with Crippen molar-refractivity contribution >= 4 is 29.9 Å². The van der Waals surface area contributed by atoms with Gasteiger partial charge in [0.1, 0.15) is 0 Å². The van der Waals surface area contributed by atoms with Crippen LogP contribution in [0.25, 0.3) is 0 Å². The summed E-state index contributed by atoms with van der Waals surface area (Å²) in [5, 5.41) is 0. The molecule has 4 heteroatoms. The number of carbonyl (C=O) groups is 2. The van der Waals surface area contributed by atoms with Crippen molar-refractivity contribution < 1.29 is 14.3 Å². The van der Waals surface area contributed by atoms with Gasteiger partial charge in [-0.3, -0.25) is 0 Å². The molecule has 1 aliphatic rings. The van der Waals surface area contributed by atoms with Crippen LogP contribution in [0.4, 0.5) is 0 Å². The van der Waals surface area contributed by atoms with Crippen molar-refractivity contribution in [3.63, 3.8) is 0 Å². The van der Waals surface area contributed by atoms with Crippen LogP contribution in [0.2, 0.25) is 13.3 Å². The van der Waals surface area contributed by atoms with Crippen molar-refractivity contribution in [3.8, 4) is 5.75 Å². The normalized spacial score (nSPS) is 14.1. The van der Waals surface area contributed by atoms with Gasteiger partial charge in [-0.15, -0.1) is 0 Å². The zero-order valence-electron chi connectivity index (χ0n) is 18.3. The quantitative estimate of drug-likeness (QED) is 0.324. The van der Waals surface area contributed by atoms with Crippen LogP contribution < -0.4 is 4.74 Å². The van der Waals surface area contributed by atoms with Crippen molar-refractivity contribution in [1.29, 1.82) is 0 Å². The van der Waals surface area contributed by atoms with Gasteiger partial charge in [-0.1, -0.05) is 0 Å². The first-order valence-corrected chi connectivity index (χ1v) is 18.4. The number of ketones is 2. The Morgan fingerprint density at radius 3 is 1.89 bits per heavy atom. The van der Waals surface area contributed by atoms with Gasteiger partial charge in [0.05, 0.1) is 0 Å². The van der Waals surface area contributed by atoms with Crippen LogP contribution in [0.5, 0.6) is 5.75 Å². The summed E-state index contributed by atoms with van der Waals surface area (Å²) in [5.41, 5.74) is 1.99. The molecule has 154 valence electrons.